The van der Waals surface area contributed by atoms with E-state index in [0.717, 1.165) is 27.7 Å². The highest BCUT2D eigenvalue weighted by Gasteiger charge is 2.53. The number of hydrogen-bond donors (Lipinski definition) is 26. The molecule has 2 aromatic carbocycles. The number of nitrogens with one attached hydrogen (secondary N) is 13. The van der Waals surface area contributed by atoms with Gasteiger partial charge in [0.2, 0.25) is 59.1 Å². The standard InChI is InChI=1S/C86H134N14O39/c1-8-85(6)41-100(42-86(85,7)43-105)63(114)12-11-60(111)99-54(80(127)92-36-62(113)98-53-33-50(78(125)89-15-19-130-23-27-134-83-66(95-46(4)108)74(121)70(117)57(39-103)138-83)30-51(34-53)79(126)90-16-20-131-24-28-135-84-67(96-47(5)109)75(122)71(118)58(40-104)139-84)9-10-59(110)91-35-61(112)97-52-31-48(76(123)87-13-17-128-21-25-132-81-64(93-44(2)106)72(119)68(115)55(37-101)136-81)29-49(32-52)77(124)88-14-18-129-22-26-133-82-65(94-45(3)107)73(120)69(116)56(38-102)137-82/h29-34,54-58,64-75,81-84,101-105,115-122H,8-28,35-43H2,1-7H3,(H,87,123)(H,88,124)(H,89,125)(H,90,126)(H,91,110)(H,92,127)(H,93,106)(H,94,107)(H,95,108)(H,96,109)(H,97,112)(H,98,113)(H,99,111). The van der Waals surface area contributed by atoms with Crippen LogP contribution in [0, 0.1) is 10.8 Å². The molecule has 0 radical (unpaired) electrons. The Hall–Kier alpha value is -9.98. The molecular weight excluding hydrogens is 1850 g/mol. The Morgan fingerprint density at radius 2 is 0.676 bits per heavy atom. The van der Waals surface area contributed by atoms with Crippen LogP contribution >= 0.6 is 0 Å². The minimum absolute atomic E-state index is 0.145. The molecule has 53 nitrogen and oxygen atoms in total. The normalized spacial score (nSPS) is 27.4. The fourth-order valence-corrected chi connectivity index (χ4v) is 15.4. The zero-order valence-corrected chi connectivity index (χ0v) is 78.2. The molecule has 26 N–H and O–H groups in total. The summed E-state index contributed by atoms with van der Waals surface area (Å²) in [5.74, 6) is -10.7. The number of amides is 14. The molecule has 7 rings (SSSR count). The summed E-state index contributed by atoms with van der Waals surface area (Å²) in [5.41, 5.74) is -2.31. The van der Waals surface area contributed by atoms with Gasteiger partial charge < -0.3 is 197 Å². The van der Waals surface area contributed by atoms with Gasteiger partial charge in [-0.05, 0) is 54.7 Å². The van der Waals surface area contributed by atoms with E-state index in [1.54, 1.807) is 0 Å². The van der Waals surface area contributed by atoms with Crippen LogP contribution in [-0.2, 0) is 105 Å². The van der Waals surface area contributed by atoms with Crippen LogP contribution in [0.25, 0.3) is 0 Å². The predicted molar refractivity (Wildman–Crippen MR) is 475 cm³/mol. The van der Waals surface area contributed by atoms with Gasteiger partial charge in [-0.3, -0.25) is 67.1 Å². The number of likely N-dealkylation sites (tertiary alicyclic amines) is 1. The molecule has 23 atom stereocenters. The molecule has 5 aliphatic heterocycles. The van der Waals surface area contributed by atoms with Crippen molar-refractivity contribution in [3.8, 4) is 0 Å². The number of ether oxygens (including phenoxy) is 12. The Morgan fingerprint density at radius 3 is 0.957 bits per heavy atom. The van der Waals surface area contributed by atoms with E-state index in [2.05, 4.69) is 69.1 Å². The fraction of sp³-hybridized carbons (Fsp3) is 0.698. The molecule has 0 aromatic heterocycles. The summed E-state index contributed by atoms with van der Waals surface area (Å²) in [6, 6.07) is 0.508. The van der Waals surface area contributed by atoms with Gasteiger partial charge in [0.25, 0.3) is 23.6 Å². The zero-order valence-electron chi connectivity index (χ0n) is 78.2. The second-order valence-corrected chi connectivity index (χ2v) is 33.9. The van der Waals surface area contributed by atoms with Crippen LogP contribution in [0.5, 0.6) is 0 Å². The lowest BCUT2D eigenvalue weighted by Crippen LogP contribution is -2.64. The van der Waals surface area contributed by atoms with Crippen molar-refractivity contribution in [1.82, 2.24) is 63.4 Å². The number of aliphatic hydroxyl groups is 13. The van der Waals surface area contributed by atoms with Gasteiger partial charge in [0.15, 0.2) is 25.2 Å². The van der Waals surface area contributed by atoms with E-state index in [-0.39, 0.29) is 165 Å². The van der Waals surface area contributed by atoms with Crippen molar-refractivity contribution in [2.24, 2.45) is 10.8 Å². The van der Waals surface area contributed by atoms with Crippen molar-refractivity contribution >= 4 is 94.1 Å². The topological polar surface area (TPSA) is 772 Å². The third-order valence-corrected chi connectivity index (χ3v) is 23.4. The minimum atomic E-state index is -1.65. The maximum Gasteiger partial charge on any atom is 0.251 e. The summed E-state index contributed by atoms with van der Waals surface area (Å²) in [6.45, 7) is 3.37. The van der Waals surface area contributed by atoms with Crippen molar-refractivity contribution in [3.05, 3.63) is 58.7 Å². The highest BCUT2D eigenvalue weighted by Crippen LogP contribution is 2.48. The molecule has 2 aromatic rings. The van der Waals surface area contributed by atoms with E-state index < -0.39 is 281 Å². The van der Waals surface area contributed by atoms with Crippen molar-refractivity contribution < 1.29 is 190 Å². The van der Waals surface area contributed by atoms with Crippen LogP contribution < -0.4 is 69.1 Å². The average Bonchev–Trinajstić information content (AvgIpc) is 1.61. The Morgan fingerprint density at radius 1 is 0.374 bits per heavy atom. The van der Waals surface area contributed by atoms with Crippen LogP contribution in [-0.4, -0.2) is 447 Å². The predicted octanol–water partition coefficient (Wildman–Crippen LogP) is -11.4. The molecule has 782 valence electrons. The largest absolute Gasteiger partial charge is 0.396 e. The Balaban J connectivity index is 1.01. The molecule has 0 aliphatic carbocycles. The summed E-state index contributed by atoms with van der Waals surface area (Å²) < 4.78 is 67.3. The second-order valence-electron chi connectivity index (χ2n) is 33.9. The summed E-state index contributed by atoms with van der Waals surface area (Å²) in [6.07, 6.45) is -24.3. The Kier molecular flexibility index (Phi) is 48.2. The van der Waals surface area contributed by atoms with Gasteiger partial charge >= 0.3 is 0 Å². The minimum Gasteiger partial charge on any atom is -0.396 e. The van der Waals surface area contributed by atoms with Gasteiger partial charge in [0.05, 0.1) is 125 Å². The molecule has 5 saturated heterocycles. The molecule has 14 amide bonds. The highest BCUT2D eigenvalue weighted by molar-refractivity contribution is 6.05. The molecule has 5 fully saturated rings. The molecule has 5 aliphatic rings. The third kappa shape index (κ3) is 35.6. The van der Waals surface area contributed by atoms with Crippen molar-refractivity contribution in [2.75, 3.05) is 175 Å². The lowest BCUT2D eigenvalue weighted by molar-refractivity contribution is -0.272. The van der Waals surface area contributed by atoms with E-state index in [1.807, 2.05) is 20.8 Å². The third-order valence-electron chi connectivity index (χ3n) is 23.4. The molecule has 23 unspecified atom stereocenters. The van der Waals surface area contributed by atoms with Crippen molar-refractivity contribution in [2.45, 2.75) is 209 Å². The summed E-state index contributed by atoms with van der Waals surface area (Å²) in [4.78, 5) is 188. The summed E-state index contributed by atoms with van der Waals surface area (Å²) in [7, 11) is 0. The first-order chi connectivity index (χ1) is 66.1. The fourth-order valence-electron chi connectivity index (χ4n) is 15.4. The maximum atomic E-state index is 14.3. The SMILES string of the molecule is CCC1(C)CN(C(=O)CCC(=O)NC(CCC(=O)NCC(=O)Nc2cc(C(=O)NCCOCCOC3OC(CO)C(O)C(O)C3NC(C)=O)cc(C(=O)NCCOCCOC3OC(CO)C(O)C(O)C3NC(C)=O)c2)C(=O)NCC(=O)Nc2cc(C(=O)NCCOCCOC3OC(CO)C(O)C(O)C3NC(C)=O)cc(C(=O)NCCOCCOC3OC(CO)C(O)C(O)C3NC(C)=O)c2)CC1(C)CO. The van der Waals surface area contributed by atoms with Crippen LogP contribution in [0.2, 0.25) is 0 Å². The van der Waals surface area contributed by atoms with E-state index in [1.165, 1.54) is 41.3 Å². The van der Waals surface area contributed by atoms with Gasteiger partial charge in [0, 0.05) is 125 Å². The second kappa shape index (κ2) is 57.8. The molecule has 139 heavy (non-hydrogen) atoms. The molecule has 0 bridgehead atoms. The lowest BCUT2D eigenvalue weighted by atomic mass is 9.67. The number of hydrogen-bond acceptors (Lipinski definition) is 39. The maximum absolute atomic E-state index is 14.3. The zero-order chi connectivity index (χ0) is 102. The van der Waals surface area contributed by atoms with Gasteiger partial charge in [0.1, 0.15) is 103 Å². The highest BCUT2D eigenvalue weighted by atomic mass is 16.7. The Bertz CT molecular complexity index is 4170. The van der Waals surface area contributed by atoms with Crippen LogP contribution in [0.15, 0.2) is 36.4 Å². The first kappa shape index (κ1) is 116. The number of nitrogens with zero attached hydrogens (tertiary/aromatic N) is 1. The van der Waals surface area contributed by atoms with E-state index in [0.29, 0.717) is 6.42 Å². The quantitative estimate of drug-likeness (QED) is 0.0274. The Labute approximate surface area is 798 Å². The van der Waals surface area contributed by atoms with Gasteiger partial charge in [-0.25, -0.2) is 0 Å². The lowest BCUT2D eigenvalue weighted by Gasteiger charge is -2.42. The number of carbonyl (C=O) groups is 14. The van der Waals surface area contributed by atoms with Crippen molar-refractivity contribution in [1.29, 1.82) is 0 Å². The molecule has 0 saturated carbocycles. The van der Waals surface area contributed by atoms with Crippen molar-refractivity contribution in [3.63, 3.8) is 0 Å². The first-order valence-corrected chi connectivity index (χ1v) is 45.2. The number of benzene rings is 2. The van der Waals surface area contributed by atoms with E-state index >= 15 is 0 Å². The smallest absolute Gasteiger partial charge is 0.251 e. The first-order valence-electron chi connectivity index (χ1n) is 45.2. The average molecular weight is 1990 g/mol. The molecule has 5 heterocycles. The van der Waals surface area contributed by atoms with Gasteiger partial charge in [-0.1, -0.05) is 20.8 Å². The van der Waals surface area contributed by atoms with Gasteiger partial charge in [-0.15, -0.1) is 0 Å². The summed E-state index contributed by atoms with van der Waals surface area (Å²) in [5, 5.41) is 166. The monoisotopic (exact) mass is 1990 g/mol. The number of anilines is 2. The number of carbonyl (C=O) groups excluding carboxylic acids is 14. The van der Waals surface area contributed by atoms with E-state index in [9.17, 15) is 134 Å². The van der Waals surface area contributed by atoms with E-state index in [4.69, 9.17) is 56.8 Å². The number of rotatable bonds is 56. The number of aliphatic hydroxyl groups excluding tert-OH is 13. The molecule has 0 spiro atoms. The van der Waals surface area contributed by atoms with Crippen LogP contribution in [0.1, 0.15) is 122 Å². The van der Waals surface area contributed by atoms with Crippen LogP contribution in [0.4, 0.5) is 11.4 Å². The summed E-state index contributed by atoms with van der Waals surface area (Å²) >= 11 is 0. The molecule has 53 heteroatoms. The molecular formula is C86H134N14O39. The van der Waals surface area contributed by atoms with Crippen LogP contribution in [0.3, 0.4) is 0 Å². The van der Waals surface area contributed by atoms with Gasteiger partial charge in [-0.2, -0.15) is 0 Å².